The van der Waals surface area contributed by atoms with Gasteiger partial charge in [-0.1, -0.05) is 15.9 Å². The number of carbonyl (C=O) groups is 5. The second-order valence-electron chi connectivity index (χ2n) is 19.6. The molecule has 69 heavy (non-hydrogen) atoms. The fourth-order valence-electron chi connectivity index (χ4n) is 11.0. The lowest BCUT2D eigenvalue weighted by Gasteiger charge is -2.40. The maximum absolute atomic E-state index is 15.8. The fourth-order valence-corrected chi connectivity index (χ4v) is 11.3. The van der Waals surface area contributed by atoms with Crippen molar-refractivity contribution in [2.75, 3.05) is 75.7 Å². The molecule has 0 aliphatic carbocycles. The molecular weight excluding hydrogens is 955 g/mol. The average molecular weight is 1020 g/mol. The number of aryl methyl sites for hydroxylation is 1. The number of halogens is 3. The zero-order chi connectivity index (χ0) is 48.2. The van der Waals surface area contributed by atoms with Crippen molar-refractivity contribution < 1.29 is 37.6 Å². The van der Waals surface area contributed by atoms with Gasteiger partial charge in [0.05, 0.1) is 34.7 Å². The van der Waals surface area contributed by atoms with Crippen molar-refractivity contribution in [3.63, 3.8) is 0 Å². The number of pyridine rings is 1. The van der Waals surface area contributed by atoms with Gasteiger partial charge in [-0.05, 0) is 137 Å². The highest BCUT2D eigenvalue weighted by molar-refractivity contribution is 9.10. The standard InChI is InChI=1S/C50H61BrF2N10O6/c1-59-30-55-47-41(59)27-38(46(45(47)53)56-40-4-2-36(51)26-39(40)52)49(67)58-69-29-44(65)62-22-13-34(14-23-62)50(68)63-20-9-32(10-21-63)24-31-7-16-60(17-8-31)28-33-11-18-61(19-12-33)42-25-35(6-15-54-42)37-3-5-43(64)57-48(37)66/h2,4,6,15,25-27,30-34,37,56H,3,5,7-14,16-24,28-29H2,1H3,(H,58,67)(H,57,64,66). The van der Waals surface area contributed by atoms with E-state index in [0.717, 1.165) is 88.8 Å². The maximum atomic E-state index is 15.8. The molecule has 0 bridgehead atoms. The number of imidazole rings is 1. The zero-order valence-corrected chi connectivity index (χ0v) is 40.7. The first-order valence-corrected chi connectivity index (χ1v) is 25.3. The van der Waals surface area contributed by atoms with Crippen LogP contribution in [0.5, 0.6) is 0 Å². The molecule has 5 aliphatic rings. The Balaban J connectivity index is 0.656. The monoisotopic (exact) mass is 1010 g/mol. The van der Waals surface area contributed by atoms with Crippen LogP contribution >= 0.6 is 15.9 Å². The quantitative estimate of drug-likeness (QED) is 0.0996. The van der Waals surface area contributed by atoms with E-state index in [0.29, 0.717) is 60.6 Å². The predicted octanol–water partition coefficient (Wildman–Crippen LogP) is 6.43. The molecule has 5 amide bonds. The smallest absolute Gasteiger partial charge is 0.277 e. The van der Waals surface area contributed by atoms with Gasteiger partial charge in [-0.25, -0.2) is 24.2 Å². The summed E-state index contributed by atoms with van der Waals surface area (Å²) in [6.45, 7) is 7.20. The Labute approximate surface area is 408 Å². The number of imide groups is 1. The van der Waals surface area contributed by atoms with Gasteiger partial charge in [0, 0.05) is 75.9 Å². The number of nitrogens with one attached hydrogen (secondary N) is 3. The van der Waals surface area contributed by atoms with Crippen molar-refractivity contribution in [2.45, 2.75) is 76.5 Å². The SMILES string of the molecule is Cn1cnc2c(F)c(Nc3ccc(Br)cc3F)c(C(=O)NOCC(=O)N3CCC(C(=O)N4CCC(CC5CCN(CC6CCN(c7cc(C8CCC(=O)NC8=O)ccn7)CC6)CC5)CC4)CC3)cc21. The number of rotatable bonds is 13. The van der Waals surface area contributed by atoms with Gasteiger partial charge in [0.15, 0.2) is 12.4 Å². The van der Waals surface area contributed by atoms with Gasteiger partial charge in [-0.3, -0.25) is 34.1 Å². The number of anilines is 3. The zero-order valence-electron chi connectivity index (χ0n) is 39.1. The van der Waals surface area contributed by atoms with Crippen LogP contribution in [-0.2, 0) is 31.1 Å². The number of likely N-dealkylation sites (tertiary alicyclic amines) is 3. The summed E-state index contributed by atoms with van der Waals surface area (Å²) >= 11 is 3.21. The molecule has 5 fully saturated rings. The summed E-state index contributed by atoms with van der Waals surface area (Å²) in [5.74, 6) is -0.460. The molecular formula is C50H61BrF2N10O6. The summed E-state index contributed by atoms with van der Waals surface area (Å²) in [6, 6.07) is 9.54. The van der Waals surface area contributed by atoms with Gasteiger partial charge in [0.25, 0.3) is 11.8 Å². The second kappa shape index (κ2) is 21.6. The number of aromatic nitrogens is 3. The molecule has 7 heterocycles. The van der Waals surface area contributed by atoms with Gasteiger partial charge in [-0.2, -0.15) is 0 Å². The summed E-state index contributed by atoms with van der Waals surface area (Å²) < 4.78 is 32.5. The predicted molar refractivity (Wildman–Crippen MR) is 258 cm³/mol. The molecule has 16 nitrogen and oxygen atoms in total. The summed E-state index contributed by atoms with van der Waals surface area (Å²) in [6.07, 6.45) is 13.2. The van der Waals surface area contributed by atoms with Gasteiger partial charge >= 0.3 is 0 Å². The van der Waals surface area contributed by atoms with E-state index in [4.69, 9.17) is 4.84 Å². The highest BCUT2D eigenvalue weighted by Gasteiger charge is 2.34. The van der Waals surface area contributed by atoms with E-state index in [2.05, 4.69) is 51.8 Å². The molecule has 3 N–H and O–H groups in total. The van der Waals surface area contributed by atoms with E-state index < -0.39 is 24.1 Å². The third kappa shape index (κ3) is 11.4. The lowest BCUT2D eigenvalue weighted by Crippen LogP contribution is -2.47. The number of hydrogen-bond acceptors (Lipinski definition) is 11. The van der Waals surface area contributed by atoms with Crippen LogP contribution in [0.4, 0.5) is 26.0 Å². The molecule has 2 aromatic carbocycles. The number of fused-ring (bicyclic) bond motifs is 1. The molecule has 1 unspecified atom stereocenters. The van der Waals surface area contributed by atoms with E-state index in [-0.39, 0.29) is 57.9 Å². The van der Waals surface area contributed by atoms with E-state index in [9.17, 15) is 28.4 Å². The Morgan fingerprint density at radius 3 is 2.23 bits per heavy atom. The Kier molecular flexibility index (Phi) is 15.2. The molecule has 0 spiro atoms. The molecule has 368 valence electrons. The number of piperidine rings is 5. The first-order chi connectivity index (χ1) is 33.4. The van der Waals surface area contributed by atoms with E-state index in [1.165, 1.54) is 43.8 Å². The molecule has 9 rings (SSSR count). The highest BCUT2D eigenvalue weighted by Crippen LogP contribution is 2.35. The van der Waals surface area contributed by atoms with Crippen LogP contribution in [-0.4, -0.2) is 124 Å². The lowest BCUT2D eigenvalue weighted by molar-refractivity contribution is -0.144. The third-order valence-corrected chi connectivity index (χ3v) is 15.6. The molecule has 5 aliphatic heterocycles. The largest absolute Gasteiger partial charge is 0.357 e. The summed E-state index contributed by atoms with van der Waals surface area (Å²) in [4.78, 5) is 86.9. The van der Waals surface area contributed by atoms with Crippen LogP contribution in [0.25, 0.3) is 11.0 Å². The topological polar surface area (TPSA) is 174 Å². The van der Waals surface area contributed by atoms with Crippen LogP contribution in [0.3, 0.4) is 0 Å². The summed E-state index contributed by atoms with van der Waals surface area (Å²) in [5.41, 5.74) is 2.99. The van der Waals surface area contributed by atoms with Gasteiger partial charge in [0.2, 0.25) is 17.7 Å². The molecule has 5 saturated heterocycles. The molecule has 0 saturated carbocycles. The van der Waals surface area contributed by atoms with E-state index in [1.807, 2.05) is 17.0 Å². The highest BCUT2D eigenvalue weighted by atomic mass is 79.9. The summed E-state index contributed by atoms with van der Waals surface area (Å²) in [5, 5.41) is 5.16. The Morgan fingerprint density at radius 2 is 1.52 bits per heavy atom. The fraction of sp³-hybridized carbons (Fsp3) is 0.540. The molecule has 19 heteroatoms. The number of nitrogens with zero attached hydrogens (tertiary/aromatic N) is 7. The Morgan fingerprint density at radius 1 is 0.826 bits per heavy atom. The third-order valence-electron chi connectivity index (χ3n) is 15.1. The maximum Gasteiger partial charge on any atom is 0.277 e. The van der Waals surface area contributed by atoms with Crippen LogP contribution in [0.2, 0.25) is 0 Å². The number of carbonyl (C=O) groups excluding carboxylic acids is 5. The number of amides is 5. The van der Waals surface area contributed by atoms with Crippen molar-refractivity contribution in [1.82, 2.24) is 40.0 Å². The second-order valence-corrected chi connectivity index (χ2v) is 20.5. The van der Waals surface area contributed by atoms with Gasteiger partial charge in [0.1, 0.15) is 17.2 Å². The first-order valence-electron chi connectivity index (χ1n) is 24.5. The van der Waals surface area contributed by atoms with Crippen molar-refractivity contribution in [2.24, 2.45) is 30.7 Å². The van der Waals surface area contributed by atoms with E-state index in [1.54, 1.807) is 28.8 Å². The van der Waals surface area contributed by atoms with Crippen molar-refractivity contribution in [3.8, 4) is 0 Å². The minimum Gasteiger partial charge on any atom is -0.357 e. The number of benzene rings is 2. The minimum absolute atomic E-state index is 0.00522. The van der Waals surface area contributed by atoms with Crippen LogP contribution in [0.1, 0.15) is 92.5 Å². The van der Waals surface area contributed by atoms with Crippen LogP contribution < -0.4 is 21.0 Å². The van der Waals surface area contributed by atoms with Crippen LogP contribution in [0, 0.1) is 35.3 Å². The van der Waals surface area contributed by atoms with Gasteiger partial charge < -0.3 is 29.5 Å². The summed E-state index contributed by atoms with van der Waals surface area (Å²) in [7, 11) is 1.65. The van der Waals surface area contributed by atoms with Crippen molar-refractivity contribution in [3.05, 3.63) is 76.2 Å². The van der Waals surface area contributed by atoms with Crippen molar-refractivity contribution in [1.29, 1.82) is 0 Å². The molecule has 2 aromatic heterocycles. The van der Waals surface area contributed by atoms with E-state index >= 15 is 4.39 Å². The molecule has 0 radical (unpaired) electrons. The normalized spacial score (nSPS) is 20.6. The molecule has 1 atom stereocenters. The Hall–Kier alpha value is -5.53. The average Bonchev–Trinajstić information content (AvgIpc) is 3.73. The molecule has 4 aromatic rings. The Bertz CT molecular complexity index is 2550. The minimum atomic E-state index is -0.847. The van der Waals surface area contributed by atoms with Crippen molar-refractivity contribution >= 4 is 73.7 Å². The van der Waals surface area contributed by atoms with Gasteiger partial charge in [-0.15, -0.1) is 0 Å². The first kappa shape index (κ1) is 48.5. The van der Waals surface area contributed by atoms with Crippen LogP contribution in [0.15, 0.2) is 53.4 Å². The number of hydroxylamine groups is 1. The number of hydrogen-bond donors (Lipinski definition) is 3. The lowest BCUT2D eigenvalue weighted by atomic mass is 9.82.